The summed E-state index contributed by atoms with van der Waals surface area (Å²) in [5, 5.41) is 3.37. The topological polar surface area (TPSA) is 67.9 Å². The summed E-state index contributed by atoms with van der Waals surface area (Å²) < 4.78 is 10.5. The molecule has 138 valence electrons. The zero-order valence-corrected chi connectivity index (χ0v) is 15.7. The molecule has 2 amide bonds. The molecule has 2 rings (SSSR count). The lowest BCUT2D eigenvalue weighted by Gasteiger charge is -2.23. The number of halogens is 1. The van der Waals surface area contributed by atoms with E-state index < -0.39 is 0 Å². The minimum atomic E-state index is -0.203. The number of methoxy groups -OCH3 is 2. The van der Waals surface area contributed by atoms with E-state index in [1.54, 1.807) is 49.6 Å². The molecule has 0 aromatic heterocycles. The van der Waals surface area contributed by atoms with Gasteiger partial charge in [-0.05, 0) is 36.4 Å². The average Bonchev–Trinajstić information content (AvgIpc) is 2.63. The lowest BCUT2D eigenvalue weighted by molar-refractivity contribution is -0.117. The first kappa shape index (κ1) is 19.6. The average molecular weight is 377 g/mol. The number of anilines is 2. The molecule has 0 saturated heterocycles. The number of hydrogen-bond acceptors (Lipinski definition) is 4. The summed E-state index contributed by atoms with van der Waals surface area (Å²) in [5.74, 6) is 0.728. The van der Waals surface area contributed by atoms with E-state index in [2.05, 4.69) is 5.32 Å². The van der Waals surface area contributed by atoms with Crippen LogP contribution in [0.3, 0.4) is 0 Å². The van der Waals surface area contributed by atoms with Crippen LogP contribution in [0.5, 0.6) is 11.5 Å². The van der Waals surface area contributed by atoms with Crippen molar-refractivity contribution in [2.75, 3.05) is 31.0 Å². The van der Waals surface area contributed by atoms with Crippen LogP contribution in [-0.4, -0.2) is 32.6 Å². The molecule has 26 heavy (non-hydrogen) atoms. The van der Waals surface area contributed by atoms with E-state index in [1.165, 1.54) is 18.9 Å². The molecule has 2 aromatic rings. The van der Waals surface area contributed by atoms with Gasteiger partial charge in [0.1, 0.15) is 11.5 Å². The van der Waals surface area contributed by atoms with Crippen LogP contribution in [0.2, 0.25) is 5.02 Å². The number of nitrogens with one attached hydrogen (secondary N) is 1. The van der Waals surface area contributed by atoms with Crippen molar-refractivity contribution in [3.05, 3.63) is 47.5 Å². The lowest BCUT2D eigenvalue weighted by atomic mass is 10.2. The Balaban J connectivity index is 2.07. The number of benzene rings is 2. The van der Waals surface area contributed by atoms with E-state index in [0.29, 0.717) is 27.9 Å². The molecule has 0 aliphatic carbocycles. The maximum Gasteiger partial charge on any atom is 0.226 e. The van der Waals surface area contributed by atoms with Gasteiger partial charge in [0, 0.05) is 36.7 Å². The van der Waals surface area contributed by atoms with Crippen LogP contribution in [-0.2, 0) is 9.59 Å². The van der Waals surface area contributed by atoms with Crippen molar-refractivity contribution in [2.24, 2.45) is 0 Å². The van der Waals surface area contributed by atoms with Gasteiger partial charge < -0.3 is 19.7 Å². The number of nitrogens with zero attached hydrogens (tertiary/aromatic N) is 1. The van der Waals surface area contributed by atoms with Crippen LogP contribution in [0.15, 0.2) is 42.5 Å². The molecule has 0 fully saturated rings. The summed E-state index contributed by atoms with van der Waals surface area (Å²) in [7, 11) is 3.07. The Morgan fingerprint density at radius 3 is 2.35 bits per heavy atom. The number of carbonyl (C=O) groups is 2. The monoisotopic (exact) mass is 376 g/mol. The van der Waals surface area contributed by atoms with Gasteiger partial charge in [-0.3, -0.25) is 9.59 Å². The Bertz CT molecular complexity index is 778. The number of ether oxygens (including phenoxy) is 2. The third-order valence-electron chi connectivity index (χ3n) is 3.75. The number of amides is 2. The van der Waals surface area contributed by atoms with Gasteiger partial charge in [-0.15, -0.1) is 0 Å². The fourth-order valence-electron chi connectivity index (χ4n) is 2.43. The second-order valence-corrected chi connectivity index (χ2v) is 5.95. The van der Waals surface area contributed by atoms with E-state index in [1.807, 2.05) is 0 Å². The molecular formula is C19H21ClN2O4. The third kappa shape index (κ3) is 5.13. The van der Waals surface area contributed by atoms with Crippen LogP contribution in [0, 0.1) is 0 Å². The molecule has 0 saturated carbocycles. The van der Waals surface area contributed by atoms with E-state index >= 15 is 0 Å². The van der Waals surface area contributed by atoms with Crippen molar-refractivity contribution in [2.45, 2.75) is 13.3 Å². The molecular weight excluding hydrogens is 356 g/mol. The highest BCUT2D eigenvalue weighted by Crippen LogP contribution is 2.32. The highest BCUT2D eigenvalue weighted by atomic mass is 35.5. The first-order valence-electron chi connectivity index (χ1n) is 8.00. The highest BCUT2D eigenvalue weighted by Gasteiger charge is 2.18. The molecule has 6 nitrogen and oxygen atoms in total. The molecule has 7 heteroatoms. The number of hydrogen-bond donors (Lipinski definition) is 1. The highest BCUT2D eigenvalue weighted by molar-refractivity contribution is 6.30. The summed E-state index contributed by atoms with van der Waals surface area (Å²) in [6, 6.07) is 12.0. The van der Waals surface area contributed by atoms with Gasteiger partial charge in [-0.1, -0.05) is 11.6 Å². The minimum Gasteiger partial charge on any atom is -0.497 e. The SMILES string of the molecule is COc1ccc(N(CCC(=O)Nc2ccc(Cl)cc2)C(C)=O)c(OC)c1. The van der Waals surface area contributed by atoms with Gasteiger partial charge in [-0.25, -0.2) is 0 Å². The zero-order valence-electron chi connectivity index (χ0n) is 14.9. The first-order valence-corrected chi connectivity index (χ1v) is 8.38. The fraction of sp³-hybridized carbons (Fsp3) is 0.263. The Morgan fingerprint density at radius 2 is 1.77 bits per heavy atom. The van der Waals surface area contributed by atoms with E-state index in [0.717, 1.165) is 0 Å². The summed E-state index contributed by atoms with van der Waals surface area (Å²) in [4.78, 5) is 25.7. The van der Waals surface area contributed by atoms with Crippen molar-refractivity contribution in [1.29, 1.82) is 0 Å². The van der Waals surface area contributed by atoms with E-state index in [9.17, 15) is 9.59 Å². The van der Waals surface area contributed by atoms with Crippen LogP contribution >= 0.6 is 11.6 Å². The molecule has 0 bridgehead atoms. The first-order chi connectivity index (χ1) is 12.4. The molecule has 2 aromatic carbocycles. The fourth-order valence-corrected chi connectivity index (χ4v) is 2.55. The van der Waals surface area contributed by atoms with Crippen LogP contribution in [0.1, 0.15) is 13.3 Å². The second-order valence-electron chi connectivity index (χ2n) is 5.51. The summed E-state index contributed by atoms with van der Waals surface area (Å²) in [5.41, 5.74) is 1.23. The maximum absolute atomic E-state index is 12.2. The summed E-state index contributed by atoms with van der Waals surface area (Å²) >= 11 is 5.83. The van der Waals surface area contributed by atoms with Gasteiger partial charge in [0.2, 0.25) is 11.8 Å². The lowest BCUT2D eigenvalue weighted by Crippen LogP contribution is -2.32. The molecule has 0 aliphatic rings. The van der Waals surface area contributed by atoms with Crippen molar-refractivity contribution >= 4 is 34.8 Å². The number of rotatable bonds is 7. The molecule has 0 aliphatic heterocycles. The van der Waals surface area contributed by atoms with Gasteiger partial charge >= 0.3 is 0 Å². The Morgan fingerprint density at radius 1 is 1.08 bits per heavy atom. The quantitative estimate of drug-likeness (QED) is 0.799. The predicted molar refractivity (Wildman–Crippen MR) is 102 cm³/mol. The van der Waals surface area contributed by atoms with Gasteiger partial charge in [0.15, 0.2) is 0 Å². The van der Waals surface area contributed by atoms with Gasteiger partial charge in [0.25, 0.3) is 0 Å². The smallest absolute Gasteiger partial charge is 0.226 e. The van der Waals surface area contributed by atoms with Crippen molar-refractivity contribution in [1.82, 2.24) is 0 Å². The van der Waals surface area contributed by atoms with Crippen LogP contribution in [0.25, 0.3) is 0 Å². The molecule has 0 heterocycles. The van der Waals surface area contributed by atoms with Gasteiger partial charge in [-0.2, -0.15) is 0 Å². The minimum absolute atomic E-state index is 0.136. The standard InChI is InChI=1S/C19H21ClN2O4/c1-13(23)22(17-9-8-16(25-2)12-18(17)26-3)11-10-19(24)21-15-6-4-14(20)5-7-15/h4-9,12H,10-11H2,1-3H3,(H,21,24). The molecule has 0 atom stereocenters. The Labute approximate surface area is 157 Å². The normalized spacial score (nSPS) is 10.2. The van der Waals surface area contributed by atoms with Crippen LogP contribution in [0.4, 0.5) is 11.4 Å². The largest absolute Gasteiger partial charge is 0.497 e. The Kier molecular flexibility index (Phi) is 6.86. The molecule has 1 N–H and O–H groups in total. The van der Waals surface area contributed by atoms with E-state index in [4.69, 9.17) is 21.1 Å². The summed E-state index contributed by atoms with van der Waals surface area (Å²) in [6.45, 7) is 1.66. The maximum atomic E-state index is 12.2. The van der Waals surface area contributed by atoms with E-state index in [-0.39, 0.29) is 24.8 Å². The van der Waals surface area contributed by atoms with Crippen molar-refractivity contribution < 1.29 is 19.1 Å². The number of carbonyl (C=O) groups excluding carboxylic acids is 2. The molecule has 0 spiro atoms. The van der Waals surface area contributed by atoms with Gasteiger partial charge in [0.05, 0.1) is 19.9 Å². The predicted octanol–water partition coefficient (Wildman–Crippen LogP) is 3.74. The van der Waals surface area contributed by atoms with Crippen LogP contribution < -0.4 is 19.7 Å². The van der Waals surface area contributed by atoms with Crippen molar-refractivity contribution in [3.8, 4) is 11.5 Å². The second kappa shape index (κ2) is 9.10. The summed E-state index contributed by atoms with van der Waals surface area (Å²) in [6.07, 6.45) is 0.136. The molecule has 0 unspecified atom stereocenters. The molecule has 0 radical (unpaired) electrons. The third-order valence-corrected chi connectivity index (χ3v) is 4.00. The zero-order chi connectivity index (χ0) is 19.1. The van der Waals surface area contributed by atoms with Crippen molar-refractivity contribution in [3.63, 3.8) is 0 Å². The Hall–Kier alpha value is -2.73.